The Morgan fingerprint density at radius 1 is 1.33 bits per heavy atom. The summed E-state index contributed by atoms with van der Waals surface area (Å²) in [6, 6.07) is 7.01. The highest BCUT2D eigenvalue weighted by Crippen LogP contribution is 2.18. The lowest BCUT2D eigenvalue weighted by Gasteiger charge is -2.22. The van der Waals surface area contributed by atoms with Crippen LogP contribution in [0.3, 0.4) is 0 Å². The van der Waals surface area contributed by atoms with Crippen LogP contribution in [0.4, 0.5) is 0 Å². The van der Waals surface area contributed by atoms with Gasteiger partial charge in [-0.15, -0.1) is 0 Å². The van der Waals surface area contributed by atoms with Crippen LogP contribution < -0.4 is 10.6 Å². The number of aliphatic hydroxyl groups is 1. The van der Waals surface area contributed by atoms with E-state index in [0.29, 0.717) is 17.4 Å². The summed E-state index contributed by atoms with van der Waals surface area (Å²) in [7, 11) is 0. The van der Waals surface area contributed by atoms with Crippen LogP contribution in [-0.2, 0) is 4.79 Å². The molecular formula is C16H23ClN2O2. The monoisotopic (exact) mass is 310 g/mol. The van der Waals surface area contributed by atoms with Crippen molar-refractivity contribution in [2.75, 3.05) is 19.6 Å². The topological polar surface area (TPSA) is 61.4 Å². The zero-order valence-electron chi connectivity index (χ0n) is 12.1. The lowest BCUT2D eigenvalue weighted by Crippen LogP contribution is -2.31. The molecule has 0 spiro atoms. The Hall–Kier alpha value is -1.10. The summed E-state index contributed by atoms with van der Waals surface area (Å²) in [5.74, 6) is 0.666. The molecule has 1 amide bonds. The summed E-state index contributed by atoms with van der Waals surface area (Å²) in [5.41, 5.74) is 0.762. The molecule has 0 bridgehead atoms. The molecule has 5 heteroatoms. The van der Waals surface area contributed by atoms with Gasteiger partial charge in [-0.3, -0.25) is 4.79 Å². The number of halogens is 1. The molecule has 1 unspecified atom stereocenters. The van der Waals surface area contributed by atoms with Crippen molar-refractivity contribution in [1.82, 2.24) is 10.6 Å². The summed E-state index contributed by atoms with van der Waals surface area (Å²) in [6.07, 6.45) is 3.09. The van der Waals surface area contributed by atoms with Crippen LogP contribution in [-0.4, -0.2) is 30.6 Å². The van der Waals surface area contributed by atoms with Gasteiger partial charge in [-0.05, 0) is 56.0 Å². The van der Waals surface area contributed by atoms with Gasteiger partial charge in [0.25, 0.3) is 0 Å². The number of rotatable bonds is 6. The first-order chi connectivity index (χ1) is 10.1. The van der Waals surface area contributed by atoms with Crippen molar-refractivity contribution in [3.05, 3.63) is 34.9 Å². The van der Waals surface area contributed by atoms with Gasteiger partial charge < -0.3 is 15.7 Å². The van der Waals surface area contributed by atoms with Gasteiger partial charge in [0.15, 0.2) is 0 Å². The van der Waals surface area contributed by atoms with Gasteiger partial charge in [0, 0.05) is 18.0 Å². The van der Waals surface area contributed by atoms with Gasteiger partial charge in [0.2, 0.25) is 5.91 Å². The van der Waals surface area contributed by atoms with Crippen molar-refractivity contribution in [3.8, 4) is 0 Å². The smallest absolute Gasteiger partial charge is 0.220 e. The number of nitrogens with one attached hydrogen (secondary N) is 2. The minimum atomic E-state index is -0.690. The van der Waals surface area contributed by atoms with Crippen molar-refractivity contribution in [1.29, 1.82) is 0 Å². The predicted octanol–water partition coefficient (Wildman–Crippen LogP) is 2.27. The van der Waals surface area contributed by atoms with Crippen LogP contribution in [0.15, 0.2) is 24.3 Å². The van der Waals surface area contributed by atoms with Crippen LogP contribution in [0.25, 0.3) is 0 Å². The second-order valence-electron chi connectivity index (χ2n) is 5.60. The summed E-state index contributed by atoms with van der Waals surface area (Å²) >= 11 is 5.80. The first-order valence-corrected chi connectivity index (χ1v) is 7.94. The molecule has 1 heterocycles. The van der Waals surface area contributed by atoms with Crippen molar-refractivity contribution < 1.29 is 9.90 Å². The third-order valence-corrected chi connectivity index (χ3v) is 4.24. The van der Waals surface area contributed by atoms with Crippen LogP contribution in [0.2, 0.25) is 5.02 Å². The highest BCUT2D eigenvalue weighted by molar-refractivity contribution is 6.30. The number of carbonyl (C=O) groups excluding carboxylic acids is 1. The van der Waals surface area contributed by atoms with Crippen molar-refractivity contribution in [3.63, 3.8) is 0 Å². The molecular weight excluding hydrogens is 288 g/mol. The van der Waals surface area contributed by atoms with E-state index in [2.05, 4.69) is 10.6 Å². The number of hydrogen-bond acceptors (Lipinski definition) is 3. The average molecular weight is 311 g/mol. The molecule has 1 aromatic carbocycles. The van der Waals surface area contributed by atoms with Crippen LogP contribution >= 0.6 is 11.6 Å². The summed E-state index contributed by atoms with van der Waals surface area (Å²) in [5, 5.41) is 16.8. The van der Waals surface area contributed by atoms with Gasteiger partial charge in [0.1, 0.15) is 0 Å². The summed E-state index contributed by atoms with van der Waals surface area (Å²) in [6.45, 7) is 2.36. The fourth-order valence-corrected chi connectivity index (χ4v) is 2.73. The zero-order valence-corrected chi connectivity index (χ0v) is 12.9. The van der Waals surface area contributed by atoms with E-state index in [0.717, 1.165) is 37.9 Å². The molecule has 1 aliphatic rings. The normalized spacial score (nSPS) is 17.4. The number of benzene rings is 1. The Balaban J connectivity index is 1.67. The molecule has 1 aromatic rings. The van der Waals surface area contributed by atoms with Crippen molar-refractivity contribution in [2.45, 2.75) is 31.8 Å². The van der Waals surface area contributed by atoms with Crippen LogP contribution in [0.5, 0.6) is 0 Å². The average Bonchev–Trinajstić information content (AvgIpc) is 2.52. The highest BCUT2D eigenvalue weighted by atomic mass is 35.5. The molecule has 0 radical (unpaired) electrons. The first kappa shape index (κ1) is 16.3. The largest absolute Gasteiger partial charge is 0.387 e. The van der Waals surface area contributed by atoms with Gasteiger partial charge >= 0.3 is 0 Å². The lowest BCUT2D eigenvalue weighted by molar-refractivity contribution is -0.121. The maximum absolute atomic E-state index is 11.8. The van der Waals surface area contributed by atoms with E-state index in [-0.39, 0.29) is 12.5 Å². The van der Waals surface area contributed by atoms with Crippen molar-refractivity contribution in [2.24, 2.45) is 5.92 Å². The second kappa shape index (κ2) is 8.37. The minimum absolute atomic E-state index is 0.0153. The fraction of sp³-hybridized carbons (Fsp3) is 0.562. The number of hydrogen-bond donors (Lipinski definition) is 3. The molecule has 0 aliphatic carbocycles. The van der Waals surface area contributed by atoms with Gasteiger partial charge in [-0.25, -0.2) is 0 Å². The molecule has 1 fully saturated rings. The molecule has 0 saturated carbocycles. The second-order valence-corrected chi connectivity index (χ2v) is 6.04. The van der Waals surface area contributed by atoms with Crippen molar-refractivity contribution >= 4 is 17.5 Å². The molecule has 116 valence electrons. The lowest BCUT2D eigenvalue weighted by atomic mass is 9.93. The van der Waals surface area contributed by atoms with Gasteiger partial charge in [0.05, 0.1) is 6.10 Å². The highest BCUT2D eigenvalue weighted by Gasteiger charge is 2.15. The number of carbonyl (C=O) groups is 1. The Kier molecular flexibility index (Phi) is 6.49. The molecule has 4 nitrogen and oxygen atoms in total. The molecule has 3 N–H and O–H groups in total. The van der Waals surface area contributed by atoms with E-state index < -0.39 is 6.10 Å². The maximum atomic E-state index is 11.8. The Labute approximate surface area is 130 Å². The molecule has 1 aliphatic heterocycles. The number of piperidine rings is 1. The fourth-order valence-electron chi connectivity index (χ4n) is 2.61. The third-order valence-electron chi connectivity index (χ3n) is 3.99. The Bertz CT molecular complexity index is 444. The van der Waals surface area contributed by atoms with Gasteiger partial charge in [-0.1, -0.05) is 23.7 Å². The summed E-state index contributed by atoms with van der Waals surface area (Å²) < 4.78 is 0. The molecule has 1 atom stereocenters. The molecule has 0 aromatic heterocycles. The van der Waals surface area contributed by atoms with E-state index in [9.17, 15) is 9.90 Å². The van der Waals surface area contributed by atoms with E-state index in [1.807, 2.05) is 0 Å². The van der Waals surface area contributed by atoms with Gasteiger partial charge in [-0.2, -0.15) is 0 Å². The van der Waals surface area contributed by atoms with E-state index in [4.69, 9.17) is 11.6 Å². The SMILES string of the molecule is O=C(CCC1CCNCC1)NCC(O)c1ccc(Cl)cc1. The van der Waals surface area contributed by atoms with E-state index >= 15 is 0 Å². The minimum Gasteiger partial charge on any atom is -0.387 e. The van der Waals surface area contributed by atoms with Crippen LogP contribution in [0, 0.1) is 5.92 Å². The summed E-state index contributed by atoms with van der Waals surface area (Å²) in [4.78, 5) is 11.8. The standard InChI is InChI=1S/C16H23ClN2O2/c17-14-4-2-13(3-5-14)15(20)11-19-16(21)6-1-12-7-9-18-10-8-12/h2-5,12,15,18,20H,1,6-11H2,(H,19,21). The quantitative estimate of drug-likeness (QED) is 0.755. The Morgan fingerprint density at radius 3 is 2.67 bits per heavy atom. The predicted molar refractivity (Wildman–Crippen MR) is 84.2 cm³/mol. The molecule has 1 saturated heterocycles. The third kappa shape index (κ3) is 5.65. The Morgan fingerprint density at radius 2 is 2.00 bits per heavy atom. The van der Waals surface area contributed by atoms with Crippen LogP contribution in [0.1, 0.15) is 37.4 Å². The molecule has 21 heavy (non-hydrogen) atoms. The molecule has 2 rings (SSSR count). The van der Waals surface area contributed by atoms with E-state index in [1.165, 1.54) is 0 Å². The maximum Gasteiger partial charge on any atom is 0.220 e. The first-order valence-electron chi connectivity index (χ1n) is 7.56. The van der Waals surface area contributed by atoms with E-state index in [1.54, 1.807) is 24.3 Å². The zero-order chi connectivity index (χ0) is 15.1. The number of amides is 1. The number of aliphatic hydroxyl groups excluding tert-OH is 1.